The van der Waals surface area contributed by atoms with Crippen molar-refractivity contribution in [2.45, 2.75) is 19.9 Å². The van der Waals surface area contributed by atoms with Crippen LogP contribution in [0.15, 0.2) is 22.6 Å². The Morgan fingerprint density at radius 1 is 1.52 bits per heavy atom. The summed E-state index contributed by atoms with van der Waals surface area (Å²) >= 11 is 1.32. The van der Waals surface area contributed by atoms with E-state index in [-0.39, 0.29) is 17.8 Å². The van der Waals surface area contributed by atoms with Crippen LogP contribution in [0.2, 0.25) is 0 Å². The summed E-state index contributed by atoms with van der Waals surface area (Å²) in [5, 5.41) is 10.4. The van der Waals surface area contributed by atoms with Crippen LogP contribution < -0.4 is 10.9 Å². The molecule has 2 N–H and O–H groups in total. The molecule has 0 aliphatic heterocycles. The number of amides is 1. The van der Waals surface area contributed by atoms with Crippen molar-refractivity contribution < 1.29 is 13.6 Å². The maximum absolute atomic E-state index is 12.8. The topological polar surface area (TPSA) is 92.7 Å². The number of hydrogen-bond acceptors (Lipinski definition) is 5. The third-order valence-electron chi connectivity index (χ3n) is 3.21. The van der Waals surface area contributed by atoms with Crippen molar-refractivity contribution in [3.8, 4) is 0 Å². The number of aromatic amines is 1. The minimum atomic E-state index is -2.82. The number of anilines is 1. The lowest BCUT2D eigenvalue weighted by Gasteiger charge is -2.08. The molecule has 10 heteroatoms. The molecule has 0 saturated heterocycles. The summed E-state index contributed by atoms with van der Waals surface area (Å²) in [6.07, 6.45) is -1.56. The molecule has 0 bridgehead atoms. The van der Waals surface area contributed by atoms with Gasteiger partial charge in [-0.25, -0.2) is 13.8 Å². The number of carbonyl (C=O) groups is 1. The van der Waals surface area contributed by atoms with Crippen molar-refractivity contribution in [1.82, 2.24) is 19.7 Å². The molecular weight excluding hydrogens is 328 g/mol. The summed E-state index contributed by atoms with van der Waals surface area (Å²) in [4.78, 5) is 28.9. The summed E-state index contributed by atoms with van der Waals surface area (Å²) in [5.41, 5.74) is -0.644. The first-order valence-corrected chi connectivity index (χ1v) is 7.41. The molecule has 0 aliphatic carbocycles. The van der Waals surface area contributed by atoms with Gasteiger partial charge in [-0.3, -0.25) is 19.3 Å². The van der Waals surface area contributed by atoms with Crippen molar-refractivity contribution in [1.29, 1.82) is 0 Å². The molecule has 0 radical (unpaired) electrons. The highest BCUT2D eigenvalue weighted by Crippen LogP contribution is 2.27. The number of aryl methyl sites for hydroxylation is 1. The molecule has 120 valence electrons. The van der Waals surface area contributed by atoms with Crippen LogP contribution in [-0.4, -0.2) is 25.7 Å². The second kappa shape index (κ2) is 5.88. The average molecular weight is 339 g/mol. The monoisotopic (exact) mass is 339 g/mol. The predicted molar refractivity (Wildman–Crippen MR) is 80.8 cm³/mol. The predicted octanol–water partition coefficient (Wildman–Crippen LogP) is 2.07. The fourth-order valence-electron chi connectivity index (χ4n) is 2.10. The standard InChI is InChI=1S/C13H11F2N5O2S/c1-6-9(10(11(14)15)19-18-6)17-8(21)4-20-5-16-12-7(13(20)22)2-3-23-12/h2-3,5,11H,4H2,1H3,(H,17,21)(H,18,19). The van der Waals surface area contributed by atoms with Crippen LogP contribution in [-0.2, 0) is 11.3 Å². The van der Waals surface area contributed by atoms with Crippen LogP contribution in [0.25, 0.3) is 10.2 Å². The summed E-state index contributed by atoms with van der Waals surface area (Å²) < 4.78 is 26.8. The molecule has 3 rings (SSSR count). The maximum Gasteiger partial charge on any atom is 0.284 e. The van der Waals surface area contributed by atoms with E-state index in [9.17, 15) is 18.4 Å². The summed E-state index contributed by atoms with van der Waals surface area (Å²) in [6, 6.07) is 1.62. The zero-order valence-corrected chi connectivity index (χ0v) is 12.7. The van der Waals surface area contributed by atoms with Gasteiger partial charge >= 0.3 is 0 Å². The molecule has 1 amide bonds. The van der Waals surface area contributed by atoms with Gasteiger partial charge in [0, 0.05) is 0 Å². The number of rotatable bonds is 4. The van der Waals surface area contributed by atoms with Gasteiger partial charge in [-0.05, 0) is 18.4 Å². The Morgan fingerprint density at radius 2 is 2.30 bits per heavy atom. The van der Waals surface area contributed by atoms with E-state index >= 15 is 0 Å². The highest BCUT2D eigenvalue weighted by molar-refractivity contribution is 7.16. The van der Waals surface area contributed by atoms with Gasteiger partial charge in [0.1, 0.15) is 11.4 Å². The molecular formula is C13H11F2N5O2S. The van der Waals surface area contributed by atoms with Crippen molar-refractivity contribution in [3.63, 3.8) is 0 Å². The Hall–Kier alpha value is -2.62. The first-order chi connectivity index (χ1) is 11.0. The van der Waals surface area contributed by atoms with Crippen LogP contribution >= 0.6 is 11.3 Å². The van der Waals surface area contributed by atoms with E-state index in [4.69, 9.17) is 0 Å². The van der Waals surface area contributed by atoms with Gasteiger partial charge in [-0.1, -0.05) is 0 Å². The van der Waals surface area contributed by atoms with Crippen molar-refractivity contribution in [3.05, 3.63) is 39.5 Å². The second-order valence-corrected chi connectivity index (χ2v) is 5.67. The quantitative estimate of drug-likeness (QED) is 0.761. The first kappa shape index (κ1) is 15.3. The number of thiophene rings is 1. The molecule has 0 fully saturated rings. The van der Waals surface area contributed by atoms with Gasteiger partial charge in [-0.2, -0.15) is 5.10 Å². The van der Waals surface area contributed by atoms with Crippen LogP contribution in [0.5, 0.6) is 0 Å². The first-order valence-electron chi connectivity index (χ1n) is 6.53. The van der Waals surface area contributed by atoms with E-state index in [0.29, 0.717) is 15.9 Å². The van der Waals surface area contributed by atoms with Gasteiger partial charge in [0.2, 0.25) is 5.91 Å². The lowest BCUT2D eigenvalue weighted by molar-refractivity contribution is -0.116. The Morgan fingerprint density at radius 3 is 3.04 bits per heavy atom. The average Bonchev–Trinajstić information content (AvgIpc) is 3.10. The molecule has 7 nitrogen and oxygen atoms in total. The molecule has 0 atom stereocenters. The minimum absolute atomic E-state index is 0.0670. The number of H-pyrrole nitrogens is 1. The van der Waals surface area contributed by atoms with Gasteiger partial charge in [0.05, 0.1) is 23.1 Å². The second-order valence-electron chi connectivity index (χ2n) is 4.77. The molecule has 0 aromatic carbocycles. The van der Waals surface area contributed by atoms with Crippen molar-refractivity contribution in [2.75, 3.05) is 5.32 Å². The lowest BCUT2D eigenvalue weighted by atomic mass is 10.3. The molecule has 23 heavy (non-hydrogen) atoms. The summed E-state index contributed by atoms with van der Waals surface area (Å²) in [6.45, 7) is 1.19. The SMILES string of the molecule is Cc1[nH]nc(C(F)F)c1NC(=O)Cn1cnc2sccc2c1=O. The zero-order valence-electron chi connectivity index (χ0n) is 11.8. The Kier molecular flexibility index (Phi) is 3.90. The molecule has 0 aliphatic rings. The van der Waals surface area contributed by atoms with Gasteiger partial charge in [0.25, 0.3) is 12.0 Å². The zero-order chi connectivity index (χ0) is 16.6. The van der Waals surface area contributed by atoms with E-state index in [2.05, 4.69) is 20.5 Å². The van der Waals surface area contributed by atoms with Crippen LogP contribution in [0.1, 0.15) is 17.8 Å². The Labute approximate surface area is 132 Å². The van der Waals surface area contributed by atoms with Crippen LogP contribution in [0.3, 0.4) is 0 Å². The van der Waals surface area contributed by atoms with E-state index in [0.717, 1.165) is 4.57 Å². The fourth-order valence-corrected chi connectivity index (χ4v) is 2.83. The molecule has 0 saturated carbocycles. The van der Waals surface area contributed by atoms with Crippen LogP contribution in [0, 0.1) is 6.92 Å². The minimum Gasteiger partial charge on any atom is -0.321 e. The number of nitrogens with one attached hydrogen (secondary N) is 2. The van der Waals surface area contributed by atoms with Gasteiger partial charge < -0.3 is 5.32 Å². The number of halogens is 2. The molecule has 3 aromatic heterocycles. The van der Waals surface area contributed by atoms with E-state index in [1.807, 2.05) is 0 Å². The number of carbonyl (C=O) groups excluding carboxylic acids is 1. The van der Waals surface area contributed by atoms with E-state index in [1.165, 1.54) is 24.6 Å². The number of aromatic nitrogens is 4. The summed E-state index contributed by atoms with van der Waals surface area (Å²) in [7, 11) is 0. The maximum atomic E-state index is 12.8. The molecule has 0 unspecified atom stereocenters. The lowest BCUT2D eigenvalue weighted by Crippen LogP contribution is -2.27. The largest absolute Gasteiger partial charge is 0.321 e. The normalized spacial score (nSPS) is 11.3. The van der Waals surface area contributed by atoms with Crippen molar-refractivity contribution in [2.24, 2.45) is 0 Å². The Balaban J connectivity index is 1.83. The number of nitrogens with zero attached hydrogens (tertiary/aromatic N) is 3. The number of hydrogen-bond donors (Lipinski definition) is 2. The third kappa shape index (κ3) is 2.84. The third-order valence-corrected chi connectivity index (χ3v) is 4.03. The van der Waals surface area contributed by atoms with Gasteiger partial charge in [-0.15, -0.1) is 11.3 Å². The van der Waals surface area contributed by atoms with E-state index < -0.39 is 18.0 Å². The number of alkyl halides is 2. The highest BCUT2D eigenvalue weighted by atomic mass is 32.1. The number of fused-ring (bicyclic) bond motifs is 1. The smallest absolute Gasteiger partial charge is 0.284 e. The molecule has 3 aromatic rings. The summed E-state index contributed by atoms with van der Waals surface area (Å²) in [5.74, 6) is -0.616. The van der Waals surface area contributed by atoms with Crippen LogP contribution in [0.4, 0.5) is 14.5 Å². The fraction of sp³-hybridized carbons (Fsp3) is 0.231. The van der Waals surface area contributed by atoms with Crippen molar-refractivity contribution >= 4 is 33.1 Å². The van der Waals surface area contributed by atoms with Gasteiger partial charge in [0.15, 0.2) is 5.69 Å². The molecule has 0 spiro atoms. The molecule has 3 heterocycles. The highest BCUT2D eigenvalue weighted by Gasteiger charge is 2.21. The van der Waals surface area contributed by atoms with E-state index in [1.54, 1.807) is 11.4 Å². The Bertz CT molecular complexity index is 930.